The number of carbonyl (C=O) groups is 1. The van der Waals surface area contributed by atoms with Crippen LogP contribution in [0.4, 0.5) is 0 Å². The van der Waals surface area contributed by atoms with E-state index >= 15 is 0 Å². The Kier molecular flexibility index (Phi) is 4.52. The summed E-state index contributed by atoms with van der Waals surface area (Å²) < 4.78 is 16.5. The van der Waals surface area contributed by atoms with Gasteiger partial charge in [-0.25, -0.2) is 4.79 Å². The standard InChI is InChI=1S/C21H13ClN2O4/c22-16-5-2-1-4-13(16)21(25)27-12-7-8-14-18(10-12)28-20(24)15(11-23)19(14)17-6-3-9-26-17/h1-10,19H,24H2. The molecule has 6 nitrogen and oxygen atoms in total. The first-order chi connectivity index (χ1) is 13.6. The van der Waals surface area contributed by atoms with Crippen LogP contribution < -0.4 is 15.2 Å². The molecule has 1 atom stereocenters. The number of benzene rings is 2. The van der Waals surface area contributed by atoms with Crippen LogP contribution in [0.2, 0.25) is 5.02 Å². The number of halogens is 1. The van der Waals surface area contributed by atoms with Crippen molar-refractivity contribution in [1.29, 1.82) is 5.26 Å². The molecule has 2 aromatic carbocycles. The number of fused-ring (bicyclic) bond motifs is 1. The quantitative estimate of drug-likeness (QED) is 0.525. The van der Waals surface area contributed by atoms with Gasteiger partial charge in [0.05, 0.1) is 22.8 Å². The zero-order valence-corrected chi connectivity index (χ0v) is 15.1. The monoisotopic (exact) mass is 392 g/mol. The summed E-state index contributed by atoms with van der Waals surface area (Å²) in [5, 5.41) is 9.79. The summed E-state index contributed by atoms with van der Waals surface area (Å²) in [6.07, 6.45) is 1.52. The van der Waals surface area contributed by atoms with Crippen molar-refractivity contribution in [3.63, 3.8) is 0 Å². The van der Waals surface area contributed by atoms with Crippen molar-refractivity contribution in [3.05, 3.63) is 94.2 Å². The van der Waals surface area contributed by atoms with Crippen LogP contribution >= 0.6 is 11.6 Å². The Morgan fingerprint density at radius 2 is 2.00 bits per heavy atom. The Balaban J connectivity index is 1.69. The molecule has 28 heavy (non-hydrogen) atoms. The van der Waals surface area contributed by atoms with Crippen LogP contribution in [0, 0.1) is 11.3 Å². The number of esters is 1. The zero-order valence-electron chi connectivity index (χ0n) is 14.4. The van der Waals surface area contributed by atoms with Crippen LogP contribution in [-0.4, -0.2) is 5.97 Å². The first-order valence-corrected chi connectivity index (χ1v) is 8.68. The predicted molar refractivity (Wildman–Crippen MR) is 101 cm³/mol. The lowest BCUT2D eigenvalue weighted by Crippen LogP contribution is -2.21. The van der Waals surface area contributed by atoms with Crippen LogP contribution in [0.25, 0.3) is 0 Å². The number of rotatable bonds is 3. The molecule has 2 heterocycles. The lowest BCUT2D eigenvalue weighted by atomic mass is 9.87. The van der Waals surface area contributed by atoms with Crippen molar-refractivity contribution in [2.75, 3.05) is 0 Å². The molecule has 0 amide bonds. The number of carbonyl (C=O) groups excluding carboxylic acids is 1. The average Bonchev–Trinajstić information content (AvgIpc) is 3.21. The van der Waals surface area contributed by atoms with Gasteiger partial charge < -0.3 is 19.6 Å². The molecule has 1 aromatic heterocycles. The van der Waals surface area contributed by atoms with Gasteiger partial charge in [0.15, 0.2) is 0 Å². The second-order valence-corrected chi connectivity index (χ2v) is 6.42. The maximum Gasteiger partial charge on any atom is 0.345 e. The van der Waals surface area contributed by atoms with E-state index in [9.17, 15) is 10.1 Å². The molecule has 138 valence electrons. The fourth-order valence-electron chi connectivity index (χ4n) is 3.04. The largest absolute Gasteiger partial charge is 0.468 e. The molecule has 4 rings (SSSR count). The van der Waals surface area contributed by atoms with Gasteiger partial charge in [0.1, 0.15) is 28.9 Å². The van der Waals surface area contributed by atoms with Crippen molar-refractivity contribution in [2.24, 2.45) is 5.73 Å². The second-order valence-electron chi connectivity index (χ2n) is 6.01. The number of allylic oxidation sites excluding steroid dienone is 1. The molecule has 2 N–H and O–H groups in total. The van der Waals surface area contributed by atoms with E-state index in [2.05, 4.69) is 6.07 Å². The van der Waals surface area contributed by atoms with Gasteiger partial charge in [0, 0.05) is 11.6 Å². The highest BCUT2D eigenvalue weighted by atomic mass is 35.5. The first kappa shape index (κ1) is 17.7. The number of ether oxygens (including phenoxy) is 2. The van der Waals surface area contributed by atoms with Gasteiger partial charge in [-0.2, -0.15) is 5.26 Å². The molecule has 0 saturated carbocycles. The van der Waals surface area contributed by atoms with Crippen molar-refractivity contribution in [1.82, 2.24) is 0 Å². The molecule has 0 aliphatic carbocycles. The fraction of sp³-hybridized carbons (Fsp3) is 0.0476. The van der Waals surface area contributed by atoms with Crippen molar-refractivity contribution >= 4 is 17.6 Å². The maximum absolute atomic E-state index is 12.4. The van der Waals surface area contributed by atoms with Gasteiger partial charge in [0.25, 0.3) is 0 Å². The minimum absolute atomic E-state index is 0.0222. The topological polar surface area (TPSA) is 98.5 Å². The summed E-state index contributed by atoms with van der Waals surface area (Å²) in [6.45, 7) is 0. The Hall–Kier alpha value is -3.69. The van der Waals surface area contributed by atoms with E-state index in [1.165, 1.54) is 6.26 Å². The van der Waals surface area contributed by atoms with E-state index in [1.807, 2.05) is 0 Å². The van der Waals surface area contributed by atoms with E-state index in [4.69, 9.17) is 31.2 Å². The molecule has 1 aliphatic heterocycles. The molecule has 7 heteroatoms. The third kappa shape index (κ3) is 3.08. The van der Waals surface area contributed by atoms with Crippen molar-refractivity contribution < 1.29 is 18.7 Å². The highest BCUT2D eigenvalue weighted by Crippen LogP contribution is 2.43. The number of hydrogen-bond donors (Lipinski definition) is 1. The average molecular weight is 393 g/mol. The van der Waals surface area contributed by atoms with Gasteiger partial charge in [0.2, 0.25) is 5.88 Å². The summed E-state index contributed by atoms with van der Waals surface area (Å²) >= 11 is 6.04. The Bertz CT molecular complexity index is 1130. The lowest BCUT2D eigenvalue weighted by molar-refractivity contribution is 0.0734. The number of furan rings is 1. The SMILES string of the molecule is N#CC1=C(N)Oc2cc(OC(=O)c3ccccc3Cl)ccc2C1c1ccco1. The molecular formula is C21H13ClN2O4. The van der Waals surface area contributed by atoms with E-state index in [-0.39, 0.29) is 22.8 Å². The maximum atomic E-state index is 12.4. The number of nitrogens with two attached hydrogens (primary N) is 1. The minimum atomic E-state index is -0.592. The lowest BCUT2D eigenvalue weighted by Gasteiger charge is -2.25. The van der Waals surface area contributed by atoms with E-state index in [0.29, 0.717) is 22.1 Å². The summed E-state index contributed by atoms with van der Waals surface area (Å²) in [7, 11) is 0. The molecule has 0 radical (unpaired) electrons. The summed E-state index contributed by atoms with van der Waals surface area (Å²) in [5.41, 5.74) is 7.12. The third-order valence-corrected chi connectivity index (χ3v) is 4.65. The van der Waals surface area contributed by atoms with Crippen LogP contribution in [0.3, 0.4) is 0 Å². The number of nitrogens with zero attached hydrogens (tertiary/aromatic N) is 1. The summed E-state index contributed by atoms with van der Waals surface area (Å²) in [6, 6.07) is 17.0. The molecule has 0 fully saturated rings. The zero-order chi connectivity index (χ0) is 19.7. The van der Waals surface area contributed by atoms with E-state index < -0.39 is 11.9 Å². The number of nitriles is 1. The minimum Gasteiger partial charge on any atom is -0.468 e. The first-order valence-electron chi connectivity index (χ1n) is 8.30. The van der Waals surface area contributed by atoms with Crippen LogP contribution in [-0.2, 0) is 0 Å². The smallest absolute Gasteiger partial charge is 0.345 e. The summed E-state index contributed by atoms with van der Waals surface area (Å²) in [5.74, 6) is 0.0792. The Morgan fingerprint density at radius 3 is 2.71 bits per heavy atom. The van der Waals surface area contributed by atoms with Gasteiger partial charge in [-0.15, -0.1) is 0 Å². The molecule has 1 aliphatic rings. The third-order valence-electron chi connectivity index (χ3n) is 4.32. The molecule has 1 unspecified atom stereocenters. The van der Waals surface area contributed by atoms with Crippen molar-refractivity contribution in [2.45, 2.75) is 5.92 Å². The van der Waals surface area contributed by atoms with E-state index in [1.54, 1.807) is 54.6 Å². The molecular weight excluding hydrogens is 380 g/mol. The van der Waals surface area contributed by atoms with Gasteiger partial charge >= 0.3 is 5.97 Å². The summed E-state index contributed by atoms with van der Waals surface area (Å²) in [4.78, 5) is 12.4. The highest BCUT2D eigenvalue weighted by Gasteiger charge is 2.32. The normalized spacial score (nSPS) is 15.4. The van der Waals surface area contributed by atoms with Crippen LogP contribution in [0.1, 0.15) is 27.6 Å². The van der Waals surface area contributed by atoms with Crippen molar-refractivity contribution in [3.8, 4) is 17.6 Å². The van der Waals surface area contributed by atoms with Gasteiger partial charge in [-0.1, -0.05) is 29.8 Å². The molecule has 3 aromatic rings. The van der Waals surface area contributed by atoms with Crippen LogP contribution in [0.5, 0.6) is 11.5 Å². The van der Waals surface area contributed by atoms with Crippen LogP contribution in [0.15, 0.2) is 76.7 Å². The highest BCUT2D eigenvalue weighted by molar-refractivity contribution is 6.33. The molecule has 0 saturated heterocycles. The predicted octanol–water partition coefficient (Wildman–Crippen LogP) is 4.37. The molecule has 0 spiro atoms. The Morgan fingerprint density at radius 1 is 1.18 bits per heavy atom. The van der Waals surface area contributed by atoms with Gasteiger partial charge in [-0.3, -0.25) is 0 Å². The van der Waals surface area contributed by atoms with E-state index in [0.717, 1.165) is 0 Å². The fourth-order valence-corrected chi connectivity index (χ4v) is 3.25. The second kappa shape index (κ2) is 7.14. The number of hydrogen-bond acceptors (Lipinski definition) is 6. The Labute approximate surface area is 165 Å². The molecule has 0 bridgehead atoms. The van der Waals surface area contributed by atoms with Gasteiger partial charge in [-0.05, 0) is 30.3 Å².